The first kappa shape index (κ1) is 12.7. The van der Waals surface area contributed by atoms with Gasteiger partial charge in [-0.05, 0) is 28.1 Å². The maximum atomic E-state index is 13.0. The van der Waals surface area contributed by atoms with Gasteiger partial charge in [-0.3, -0.25) is 10.1 Å². The number of nitro groups is 1. The molecule has 0 fully saturated rings. The van der Waals surface area contributed by atoms with E-state index in [1.54, 1.807) is 0 Å². The van der Waals surface area contributed by atoms with Crippen LogP contribution in [0.5, 0.6) is 5.75 Å². The van der Waals surface area contributed by atoms with E-state index in [2.05, 4.69) is 20.7 Å². The van der Waals surface area contributed by atoms with Gasteiger partial charge < -0.3 is 4.74 Å². The first-order valence-electron chi connectivity index (χ1n) is 3.60. The van der Waals surface area contributed by atoms with Crippen molar-refractivity contribution in [2.75, 3.05) is 0 Å². The van der Waals surface area contributed by atoms with Crippen LogP contribution in [0.2, 0.25) is 0 Å². The van der Waals surface area contributed by atoms with E-state index < -0.39 is 28.5 Å². The van der Waals surface area contributed by atoms with Gasteiger partial charge in [0.05, 0.1) is 9.40 Å². The first-order valence-corrected chi connectivity index (χ1v) is 4.40. The fourth-order valence-electron chi connectivity index (χ4n) is 0.905. The van der Waals surface area contributed by atoms with Gasteiger partial charge in [0.25, 0.3) is 0 Å². The molecule has 0 spiro atoms. The Labute approximate surface area is 94.1 Å². The van der Waals surface area contributed by atoms with Crippen LogP contribution in [0.15, 0.2) is 16.6 Å². The van der Waals surface area contributed by atoms with Crippen molar-refractivity contribution in [2.24, 2.45) is 0 Å². The van der Waals surface area contributed by atoms with Crippen molar-refractivity contribution < 1.29 is 27.2 Å². The number of hydrogen-bond donors (Lipinski definition) is 0. The first-order chi connectivity index (χ1) is 7.22. The number of hydrogen-bond acceptors (Lipinski definition) is 3. The summed E-state index contributed by atoms with van der Waals surface area (Å²) in [6.45, 7) is 0. The molecule has 9 heteroatoms. The molecular weight excluding hydrogens is 302 g/mol. The third-order valence-electron chi connectivity index (χ3n) is 1.43. The minimum atomic E-state index is -5.20. The van der Waals surface area contributed by atoms with E-state index in [0.717, 1.165) is 6.07 Å². The van der Waals surface area contributed by atoms with Crippen LogP contribution in [0.4, 0.5) is 23.2 Å². The Balaban J connectivity index is 3.35. The lowest BCUT2D eigenvalue weighted by Gasteiger charge is -2.10. The van der Waals surface area contributed by atoms with Crippen molar-refractivity contribution in [3.05, 3.63) is 32.5 Å². The Kier molecular flexibility index (Phi) is 3.36. The molecule has 0 amide bonds. The standard InChI is InChI=1S/C7H2BrF4NO3/c8-3-1-2-4(9)6(5(3)13(14)15)16-7(10,11)12/h1-2H. The largest absolute Gasteiger partial charge is 0.573 e. The predicted molar refractivity (Wildman–Crippen MR) is 47.4 cm³/mol. The van der Waals surface area contributed by atoms with Gasteiger partial charge in [-0.2, -0.15) is 0 Å². The number of alkyl halides is 3. The topological polar surface area (TPSA) is 52.4 Å². The zero-order valence-corrected chi connectivity index (χ0v) is 8.80. The molecule has 0 unspecified atom stereocenters. The van der Waals surface area contributed by atoms with Crippen molar-refractivity contribution in [3.63, 3.8) is 0 Å². The summed E-state index contributed by atoms with van der Waals surface area (Å²) in [5, 5.41) is 10.4. The fourth-order valence-corrected chi connectivity index (χ4v) is 1.36. The quantitative estimate of drug-likeness (QED) is 0.478. The second kappa shape index (κ2) is 4.24. The summed E-state index contributed by atoms with van der Waals surface area (Å²) in [6, 6.07) is 1.54. The van der Waals surface area contributed by atoms with Crippen LogP contribution in [-0.2, 0) is 0 Å². The van der Waals surface area contributed by atoms with Crippen LogP contribution >= 0.6 is 15.9 Å². The third-order valence-corrected chi connectivity index (χ3v) is 2.07. The van der Waals surface area contributed by atoms with E-state index in [1.165, 1.54) is 0 Å². The maximum Gasteiger partial charge on any atom is 0.573 e. The van der Waals surface area contributed by atoms with E-state index in [1.807, 2.05) is 0 Å². The number of rotatable bonds is 2. The Morgan fingerprint density at radius 2 is 1.94 bits per heavy atom. The molecule has 0 aliphatic carbocycles. The summed E-state index contributed by atoms with van der Waals surface area (Å²) in [6.07, 6.45) is -5.20. The highest BCUT2D eigenvalue weighted by Crippen LogP contribution is 2.39. The summed E-state index contributed by atoms with van der Waals surface area (Å²) in [5.41, 5.74) is -1.11. The predicted octanol–water partition coefficient (Wildman–Crippen LogP) is 3.39. The van der Waals surface area contributed by atoms with Gasteiger partial charge >= 0.3 is 12.0 Å². The van der Waals surface area contributed by atoms with Crippen LogP contribution in [0.25, 0.3) is 0 Å². The molecule has 1 aromatic carbocycles. The Hall–Kier alpha value is -1.38. The third kappa shape index (κ3) is 2.81. The number of halogens is 5. The molecule has 0 N–H and O–H groups in total. The second-order valence-corrected chi connectivity index (χ2v) is 3.37. The molecule has 0 heterocycles. The van der Waals surface area contributed by atoms with Crippen LogP contribution in [0.1, 0.15) is 0 Å². The van der Waals surface area contributed by atoms with E-state index in [-0.39, 0.29) is 4.47 Å². The monoisotopic (exact) mass is 303 g/mol. The lowest BCUT2D eigenvalue weighted by Crippen LogP contribution is -2.19. The van der Waals surface area contributed by atoms with Gasteiger partial charge in [-0.25, -0.2) is 4.39 Å². The molecule has 0 aliphatic rings. The van der Waals surface area contributed by atoms with E-state index in [0.29, 0.717) is 6.07 Å². The van der Waals surface area contributed by atoms with Crippen LogP contribution < -0.4 is 4.74 Å². The zero-order valence-electron chi connectivity index (χ0n) is 7.22. The Morgan fingerprint density at radius 3 is 2.38 bits per heavy atom. The molecule has 0 aromatic heterocycles. The average Bonchev–Trinajstić information content (AvgIpc) is 2.08. The van der Waals surface area contributed by atoms with Gasteiger partial charge in [0, 0.05) is 0 Å². The maximum absolute atomic E-state index is 13.0. The van der Waals surface area contributed by atoms with Gasteiger partial charge in [0.15, 0.2) is 5.82 Å². The Morgan fingerprint density at radius 1 is 1.38 bits per heavy atom. The molecule has 0 bridgehead atoms. The highest BCUT2D eigenvalue weighted by Gasteiger charge is 2.37. The summed E-state index contributed by atoms with van der Waals surface area (Å²) in [7, 11) is 0. The SMILES string of the molecule is O=[N+]([O-])c1c(Br)ccc(F)c1OC(F)(F)F. The number of benzene rings is 1. The number of nitro benzene ring substituents is 1. The number of nitrogens with zero attached hydrogens (tertiary/aromatic N) is 1. The molecule has 4 nitrogen and oxygen atoms in total. The molecule has 0 saturated carbocycles. The normalized spacial score (nSPS) is 11.3. The fraction of sp³-hybridized carbons (Fsp3) is 0.143. The van der Waals surface area contributed by atoms with E-state index >= 15 is 0 Å². The summed E-state index contributed by atoms with van der Waals surface area (Å²) in [4.78, 5) is 9.27. The molecule has 16 heavy (non-hydrogen) atoms. The van der Waals surface area contributed by atoms with Crippen molar-refractivity contribution in [3.8, 4) is 5.75 Å². The minimum Gasteiger partial charge on any atom is -0.395 e. The van der Waals surface area contributed by atoms with Gasteiger partial charge in [0.2, 0.25) is 5.75 Å². The molecule has 88 valence electrons. The van der Waals surface area contributed by atoms with Gasteiger partial charge in [0.1, 0.15) is 0 Å². The Bertz CT molecular complexity index is 434. The summed E-state index contributed by atoms with van der Waals surface area (Å²) in [5.74, 6) is -2.93. The molecule has 0 atom stereocenters. The molecule has 1 aromatic rings. The van der Waals surface area contributed by atoms with Crippen LogP contribution in [0, 0.1) is 15.9 Å². The van der Waals surface area contributed by atoms with Crippen molar-refractivity contribution in [1.82, 2.24) is 0 Å². The number of ether oxygens (including phenoxy) is 1. The summed E-state index contributed by atoms with van der Waals surface area (Å²) >= 11 is 2.63. The van der Waals surface area contributed by atoms with Gasteiger partial charge in [-0.1, -0.05) is 0 Å². The van der Waals surface area contributed by atoms with Crippen LogP contribution in [-0.4, -0.2) is 11.3 Å². The molecule has 0 radical (unpaired) electrons. The lowest BCUT2D eigenvalue weighted by atomic mass is 10.3. The minimum absolute atomic E-state index is 0.307. The smallest absolute Gasteiger partial charge is 0.395 e. The van der Waals surface area contributed by atoms with E-state index in [9.17, 15) is 27.7 Å². The van der Waals surface area contributed by atoms with Crippen molar-refractivity contribution in [1.29, 1.82) is 0 Å². The average molecular weight is 304 g/mol. The van der Waals surface area contributed by atoms with Crippen molar-refractivity contribution >= 4 is 21.6 Å². The lowest BCUT2D eigenvalue weighted by molar-refractivity contribution is -0.389. The molecule has 0 aliphatic heterocycles. The molecule has 1 rings (SSSR count). The summed E-state index contributed by atoms with van der Waals surface area (Å²) < 4.78 is 51.5. The second-order valence-electron chi connectivity index (χ2n) is 2.51. The van der Waals surface area contributed by atoms with Crippen LogP contribution in [0.3, 0.4) is 0 Å². The molecule has 0 saturated heterocycles. The highest BCUT2D eigenvalue weighted by atomic mass is 79.9. The van der Waals surface area contributed by atoms with E-state index in [4.69, 9.17) is 0 Å². The van der Waals surface area contributed by atoms with Crippen molar-refractivity contribution in [2.45, 2.75) is 6.36 Å². The highest BCUT2D eigenvalue weighted by molar-refractivity contribution is 9.10. The zero-order chi connectivity index (χ0) is 12.5. The molecular formula is C7H2BrF4NO3. The van der Waals surface area contributed by atoms with Gasteiger partial charge in [-0.15, -0.1) is 13.2 Å².